The molecule has 0 radical (unpaired) electrons. The topological polar surface area (TPSA) is 63.8 Å². The van der Waals surface area contributed by atoms with E-state index < -0.39 is 0 Å². The molecule has 0 unspecified atom stereocenters. The minimum Gasteiger partial charge on any atom is -0.508 e. The first-order chi connectivity index (χ1) is 9.47. The maximum Gasteiger partial charge on any atom is 0.169 e. The molecule has 5 nitrogen and oxygen atoms in total. The first-order valence-electron chi connectivity index (χ1n) is 5.85. The van der Waals surface area contributed by atoms with Crippen LogP contribution in [-0.4, -0.2) is 24.6 Å². The van der Waals surface area contributed by atoms with E-state index in [1.54, 1.807) is 23.6 Å². The highest BCUT2D eigenvalue weighted by molar-refractivity contribution is 6.34. The Morgan fingerprint density at radius 3 is 2.55 bits per heavy atom. The van der Waals surface area contributed by atoms with Crippen LogP contribution in [0.2, 0.25) is 10.2 Å². The third-order valence-corrected chi connectivity index (χ3v) is 3.48. The minimum absolute atomic E-state index is 0.102. The number of phenolic OH excluding ortho intramolecular Hbond substituents is 1. The van der Waals surface area contributed by atoms with Gasteiger partial charge in [-0.1, -0.05) is 23.2 Å². The van der Waals surface area contributed by atoms with Crippen LogP contribution in [0.5, 0.6) is 5.75 Å². The number of imidazole rings is 1. The van der Waals surface area contributed by atoms with Crippen molar-refractivity contribution in [1.82, 2.24) is 19.5 Å². The molecule has 3 rings (SSSR count). The second-order valence-electron chi connectivity index (χ2n) is 4.36. The number of benzene rings is 1. The number of hydrogen-bond acceptors (Lipinski definition) is 4. The van der Waals surface area contributed by atoms with Gasteiger partial charge in [0.05, 0.1) is 10.7 Å². The van der Waals surface area contributed by atoms with Crippen molar-refractivity contribution in [2.75, 3.05) is 0 Å². The van der Waals surface area contributed by atoms with Gasteiger partial charge in [-0.05, 0) is 26.0 Å². The van der Waals surface area contributed by atoms with E-state index in [0.29, 0.717) is 38.7 Å². The van der Waals surface area contributed by atoms with Crippen LogP contribution in [-0.2, 0) is 0 Å². The summed E-state index contributed by atoms with van der Waals surface area (Å²) in [5.74, 6) is 1.35. The molecule has 1 N–H and O–H groups in total. The van der Waals surface area contributed by atoms with Gasteiger partial charge in [0, 0.05) is 6.07 Å². The van der Waals surface area contributed by atoms with Gasteiger partial charge in [-0.3, -0.25) is 4.57 Å². The molecule has 102 valence electrons. The lowest BCUT2D eigenvalue weighted by atomic mass is 10.3. The molecule has 0 bridgehead atoms. The van der Waals surface area contributed by atoms with Crippen LogP contribution in [0.15, 0.2) is 18.2 Å². The van der Waals surface area contributed by atoms with Crippen LogP contribution >= 0.6 is 23.2 Å². The molecule has 0 fully saturated rings. The molecule has 3 aromatic rings. The van der Waals surface area contributed by atoms with Gasteiger partial charge in [0.25, 0.3) is 0 Å². The average molecular weight is 309 g/mol. The zero-order valence-corrected chi connectivity index (χ0v) is 12.2. The predicted octanol–water partition coefficient (Wildman–Crippen LogP) is 3.44. The van der Waals surface area contributed by atoms with E-state index in [2.05, 4.69) is 15.0 Å². The number of rotatable bonds is 1. The van der Waals surface area contributed by atoms with Crippen LogP contribution < -0.4 is 0 Å². The maximum absolute atomic E-state index is 9.45. The number of phenols is 1. The van der Waals surface area contributed by atoms with Crippen LogP contribution in [0.25, 0.3) is 16.9 Å². The Morgan fingerprint density at radius 2 is 1.85 bits per heavy atom. The highest BCUT2D eigenvalue weighted by Gasteiger charge is 2.16. The minimum atomic E-state index is 0.102. The first-order valence-corrected chi connectivity index (χ1v) is 6.61. The predicted molar refractivity (Wildman–Crippen MR) is 77.8 cm³/mol. The van der Waals surface area contributed by atoms with Gasteiger partial charge >= 0.3 is 0 Å². The third kappa shape index (κ3) is 1.99. The average Bonchev–Trinajstić information content (AvgIpc) is 2.67. The van der Waals surface area contributed by atoms with Crippen molar-refractivity contribution in [3.8, 4) is 11.4 Å². The van der Waals surface area contributed by atoms with Crippen LogP contribution in [0.4, 0.5) is 0 Å². The molecule has 0 atom stereocenters. The quantitative estimate of drug-likeness (QED) is 0.699. The molecule has 0 saturated heterocycles. The van der Waals surface area contributed by atoms with Gasteiger partial charge in [-0.25, -0.2) is 15.0 Å². The number of nitrogens with zero attached hydrogens (tertiary/aromatic N) is 4. The van der Waals surface area contributed by atoms with Gasteiger partial charge < -0.3 is 5.11 Å². The van der Waals surface area contributed by atoms with Crippen LogP contribution in [0, 0.1) is 13.8 Å². The lowest BCUT2D eigenvalue weighted by Gasteiger charge is -2.09. The smallest absolute Gasteiger partial charge is 0.169 e. The number of aryl methyl sites for hydroxylation is 2. The largest absolute Gasteiger partial charge is 0.508 e. The van der Waals surface area contributed by atoms with E-state index >= 15 is 0 Å². The van der Waals surface area contributed by atoms with Gasteiger partial charge in [0.2, 0.25) is 0 Å². The summed E-state index contributed by atoms with van der Waals surface area (Å²) in [6.07, 6.45) is 0. The molecule has 2 aromatic heterocycles. The fourth-order valence-electron chi connectivity index (χ4n) is 2.10. The van der Waals surface area contributed by atoms with Crippen molar-refractivity contribution in [2.24, 2.45) is 0 Å². The van der Waals surface area contributed by atoms with E-state index in [1.807, 2.05) is 6.92 Å². The molecule has 0 aliphatic carbocycles. The fraction of sp³-hybridized carbons (Fsp3) is 0.154. The molecule has 0 amide bonds. The lowest BCUT2D eigenvalue weighted by Crippen LogP contribution is -2.00. The molecule has 0 aliphatic rings. The van der Waals surface area contributed by atoms with Crippen molar-refractivity contribution < 1.29 is 5.11 Å². The SMILES string of the molecule is Cc1nc(Cl)c2nc(C)n(-c3ccc(O)cc3Cl)c2n1. The van der Waals surface area contributed by atoms with Crippen molar-refractivity contribution in [1.29, 1.82) is 0 Å². The van der Waals surface area contributed by atoms with Crippen molar-refractivity contribution in [3.63, 3.8) is 0 Å². The Morgan fingerprint density at radius 1 is 1.10 bits per heavy atom. The summed E-state index contributed by atoms with van der Waals surface area (Å²) in [6.45, 7) is 3.59. The van der Waals surface area contributed by atoms with E-state index in [-0.39, 0.29) is 5.75 Å². The molecule has 0 saturated carbocycles. The molecular weight excluding hydrogens is 299 g/mol. The second-order valence-corrected chi connectivity index (χ2v) is 5.13. The highest BCUT2D eigenvalue weighted by Crippen LogP contribution is 2.30. The van der Waals surface area contributed by atoms with Crippen molar-refractivity contribution in [3.05, 3.63) is 40.0 Å². The van der Waals surface area contributed by atoms with Crippen molar-refractivity contribution in [2.45, 2.75) is 13.8 Å². The van der Waals surface area contributed by atoms with Crippen molar-refractivity contribution >= 4 is 34.4 Å². The number of aromatic nitrogens is 4. The zero-order valence-electron chi connectivity index (χ0n) is 10.7. The lowest BCUT2D eigenvalue weighted by molar-refractivity contribution is 0.475. The van der Waals surface area contributed by atoms with Gasteiger partial charge in [0.15, 0.2) is 10.8 Å². The van der Waals surface area contributed by atoms with E-state index in [4.69, 9.17) is 23.2 Å². The standard InChI is InChI=1S/C13H10Cl2N4O/c1-6-16-12(15)11-13(17-6)19(7(2)18-11)10-4-3-8(20)5-9(10)14/h3-5,20H,1-2H3. The summed E-state index contributed by atoms with van der Waals surface area (Å²) in [6, 6.07) is 4.73. The van der Waals surface area contributed by atoms with E-state index in [1.165, 1.54) is 6.07 Å². The molecular formula is C13H10Cl2N4O. The van der Waals surface area contributed by atoms with Crippen LogP contribution in [0.3, 0.4) is 0 Å². The summed E-state index contributed by atoms with van der Waals surface area (Å²) in [4.78, 5) is 12.9. The summed E-state index contributed by atoms with van der Waals surface area (Å²) in [5.41, 5.74) is 1.80. The van der Waals surface area contributed by atoms with Gasteiger partial charge in [-0.2, -0.15) is 0 Å². The third-order valence-electron chi connectivity index (χ3n) is 2.92. The second kappa shape index (κ2) is 4.61. The number of hydrogen-bond donors (Lipinski definition) is 1. The van der Waals surface area contributed by atoms with Gasteiger partial charge in [0.1, 0.15) is 22.9 Å². The molecule has 1 aromatic carbocycles. The summed E-state index contributed by atoms with van der Waals surface area (Å²) in [7, 11) is 0. The molecule has 0 spiro atoms. The van der Waals surface area contributed by atoms with E-state index in [9.17, 15) is 5.11 Å². The highest BCUT2D eigenvalue weighted by atomic mass is 35.5. The Kier molecular flexibility index (Phi) is 3.03. The summed E-state index contributed by atoms with van der Waals surface area (Å²) in [5, 5.41) is 10.2. The Balaban J connectivity index is 2.38. The maximum atomic E-state index is 9.45. The number of fused-ring (bicyclic) bond motifs is 1. The Hall–Kier alpha value is -1.85. The molecule has 2 heterocycles. The normalized spacial score (nSPS) is 11.2. The Bertz CT molecular complexity index is 829. The monoisotopic (exact) mass is 308 g/mol. The summed E-state index contributed by atoms with van der Waals surface area (Å²) >= 11 is 12.3. The van der Waals surface area contributed by atoms with E-state index in [0.717, 1.165) is 0 Å². The summed E-state index contributed by atoms with van der Waals surface area (Å²) < 4.78 is 1.79. The Labute approximate surface area is 124 Å². The fourth-order valence-corrected chi connectivity index (χ4v) is 2.61. The first kappa shape index (κ1) is 13.1. The molecule has 0 aliphatic heterocycles. The van der Waals surface area contributed by atoms with Gasteiger partial charge in [-0.15, -0.1) is 0 Å². The number of aromatic hydroxyl groups is 1. The van der Waals surface area contributed by atoms with Crippen LogP contribution in [0.1, 0.15) is 11.6 Å². The molecule has 7 heteroatoms. The molecule has 20 heavy (non-hydrogen) atoms. The zero-order chi connectivity index (χ0) is 14.4. The number of halogens is 2.